The van der Waals surface area contributed by atoms with Gasteiger partial charge >= 0.3 is 6.09 Å². The van der Waals surface area contributed by atoms with Gasteiger partial charge < -0.3 is 14.4 Å². The molecule has 1 unspecified atom stereocenters. The number of halogens is 1. The molecular weight excluding hydrogens is 445 g/mol. The summed E-state index contributed by atoms with van der Waals surface area (Å²) in [5.41, 5.74) is 1.83. The van der Waals surface area contributed by atoms with Crippen molar-refractivity contribution >= 4 is 22.6 Å². The van der Waals surface area contributed by atoms with Crippen LogP contribution in [0.3, 0.4) is 0 Å². The van der Waals surface area contributed by atoms with Crippen LogP contribution in [0.4, 0.5) is 9.18 Å². The summed E-state index contributed by atoms with van der Waals surface area (Å²) in [7, 11) is 1.63. The van der Waals surface area contributed by atoms with Crippen molar-refractivity contribution in [1.29, 1.82) is 0 Å². The molecule has 6 heteroatoms. The number of Topliss-reactive ketones (excluding diaryl/α,β-unsaturated/α-hetero) is 1. The summed E-state index contributed by atoms with van der Waals surface area (Å²) in [5, 5.41) is 1.73. The van der Waals surface area contributed by atoms with Gasteiger partial charge in [0, 0.05) is 19.0 Å². The molecule has 1 fully saturated rings. The fraction of sp³-hybridized carbons (Fsp3) is 0.379. The molecule has 0 radical (unpaired) electrons. The van der Waals surface area contributed by atoms with Gasteiger partial charge in [0.05, 0.1) is 12.5 Å². The Hall–Kier alpha value is -3.41. The summed E-state index contributed by atoms with van der Waals surface area (Å²) in [6.07, 6.45) is 0.692. The number of fused-ring (bicyclic) bond motifs is 2. The minimum absolute atomic E-state index is 0.155. The van der Waals surface area contributed by atoms with Crippen molar-refractivity contribution in [2.45, 2.75) is 45.1 Å². The van der Waals surface area contributed by atoms with Crippen molar-refractivity contribution in [3.8, 4) is 5.75 Å². The average molecular weight is 476 g/mol. The lowest BCUT2D eigenvalue weighted by molar-refractivity contribution is -0.141. The summed E-state index contributed by atoms with van der Waals surface area (Å²) in [4.78, 5) is 28.2. The minimum atomic E-state index is -0.651. The summed E-state index contributed by atoms with van der Waals surface area (Å²) in [6, 6.07) is 16.6. The fourth-order valence-corrected chi connectivity index (χ4v) is 5.38. The minimum Gasteiger partial charge on any atom is -0.497 e. The van der Waals surface area contributed by atoms with Crippen LogP contribution in [0.15, 0.2) is 54.6 Å². The molecule has 1 atom stereocenters. The van der Waals surface area contributed by atoms with Crippen molar-refractivity contribution in [3.63, 3.8) is 0 Å². The summed E-state index contributed by atoms with van der Waals surface area (Å²) >= 11 is 0. The number of likely N-dealkylation sites (tertiary alicyclic amines) is 1. The Balaban J connectivity index is 1.50. The van der Waals surface area contributed by atoms with E-state index >= 15 is 0 Å². The molecule has 1 spiro atoms. The number of methoxy groups -OCH3 is 1. The molecule has 182 valence electrons. The first-order valence-corrected chi connectivity index (χ1v) is 11.9. The highest BCUT2D eigenvalue weighted by Gasteiger charge is 2.56. The van der Waals surface area contributed by atoms with Gasteiger partial charge in [-0.05, 0) is 85.3 Å². The van der Waals surface area contributed by atoms with E-state index in [2.05, 4.69) is 0 Å². The van der Waals surface area contributed by atoms with Gasteiger partial charge in [-0.1, -0.05) is 30.3 Å². The molecule has 1 aliphatic carbocycles. The number of carbonyl (C=O) groups excluding carboxylic acids is 2. The summed E-state index contributed by atoms with van der Waals surface area (Å²) < 4.78 is 24.7. The van der Waals surface area contributed by atoms with Gasteiger partial charge in [-0.2, -0.15) is 0 Å². The lowest BCUT2D eigenvalue weighted by Crippen LogP contribution is -2.65. The predicted molar refractivity (Wildman–Crippen MR) is 132 cm³/mol. The molecule has 0 aromatic heterocycles. The van der Waals surface area contributed by atoms with E-state index in [1.54, 1.807) is 18.1 Å². The van der Waals surface area contributed by atoms with Crippen LogP contribution in [0.2, 0.25) is 0 Å². The van der Waals surface area contributed by atoms with Crippen molar-refractivity contribution in [2.24, 2.45) is 5.41 Å². The third-order valence-corrected chi connectivity index (χ3v) is 7.04. The first kappa shape index (κ1) is 23.3. The Morgan fingerprint density at radius 2 is 1.77 bits per heavy atom. The van der Waals surface area contributed by atoms with E-state index in [9.17, 15) is 14.0 Å². The molecule has 1 amide bonds. The molecule has 1 aliphatic heterocycles. The summed E-state index contributed by atoms with van der Waals surface area (Å²) in [5.74, 6) is 0.290. The normalized spacial score (nSPS) is 18.8. The zero-order valence-electron chi connectivity index (χ0n) is 20.6. The molecule has 1 saturated heterocycles. The van der Waals surface area contributed by atoms with Gasteiger partial charge in [0.25, 0.3) is 0 Å². The maximum absolute atomic E-state index is 14.0. The Labute approximate surface area is 204 Å². The Morgan fingerprint density at radius 3 is 2.43 bits per heavy atom. The lowest BCUT2D eigenvalue weighted by atomic mass is 9.61. The van der Waals surface area contributed by atoms with Crippen LogP contribution in [0, 0.1) is 11.2 Å². The molecule has 5 nitrogen and oxygen atoms in total. The molecular formula is C29H30FNO4. The lowest BCUT2D eigenvalue weighted by Gasteiger charge is -2.52. The van der Waals surface area contributed by atoms with E-state index in [-0.39, 0.29) is 17.5 Å². The smallest absolute Gasteiger partial charge is 0.410 e. The zero-order valence-corrected chi connectivity index (χ0v) is 20.6. The van der Waals surface area contributed by atoms with Crippen LogP contribution in [0.5, 0.6) is 5.75 Å². The number of ether oxygens (including phenoxy) is 2. The van der Waals surface area contributed by atoms with Crippen LogP contribution >= 0.6 is 0 Å². The number of rotatable bonds is 3. The van der Waals surface area contributed by atoms with Crippen molar-refractivity contribution < 1.29 is 23.5 Å². The van der Waals surface area contributed by atoms with Gasteiger partial charge in [-0.3, -0.25) is 4.79 Å². The average Bonchev–Trinajstić information content (AvgIpc) is 2.77. The molecule has 3 aromatic rings. The quantitative estimate of drug-likeness (QED) is 0.489. The highest BCUT2D eigenvalue weighted by atomic mass is 19.1. The van der Waals surface area contributed by atoms with Gasteiger partial charge in [0.15, 0.2) is 5.78 Å². The second-order valence-corrected chi connectivity index (χ2v) is 10.8. The van der Waals surface area contributed by atoms with E-state index in [1.807, 2.05) is 57.2 Å². The van der Waals surface area contributed by atoms with E-state index in [0.29, 0.717) is 25.9 Å². The highest BCUT2D eigenvalue weighted by molar-refractivity contribution is 5.98. The number of benzene rings is 3. The molecule has 0 N–H and O–H groups in total. The molecule has 35 heavy (non-hydrogen) atoms. The first-order valence-electron chi connectivity index (χ1n) is 11.9. The van der Waals surface area contributed by atoms with Crippen LogP contribution in [-0.2, 0) is 22.4 Å². The SMILES string of the molecule is COc1ccc(CC2C(=O)C3(Cc4cc5cc(F)ccc5cc42)CN(C(=O)OC(C)(C)C)C3)cc1. The molecule has 0 bridgehead atoms. The number of nitrogens with zero attached hydrogens (tertiary/aromatic N) is 1. The standard InChI is InChI=1S/C29H30FNO4/c1-28(2,3)35-27(33)31-16-29(17-31)15-21-12-20-13-22(30)8-7-19(20)14-24(21)25(26(29)32)11-18-5-9-23(34-4)10-6-18/h5-10,12-14,25H,11,15-17H2,1-4H3. The maximum Gasteiger partial charge on any atom is 0.410 e. The van der Waals surface area contributed by atoms with Crippen molar-refractivity contribution in [1.82, 2.24) is 4.90 Å². The van der Waals surface area contributed by atoms with Crippen LogP contribution < -0.4 is 4.74 Å². The van der Waals surface area contributed by atoms with Crippen LogP contribution in [0.25, 0.3) is 10.8 Å². The maximum atomic E-state index is 14.0. The Bertz CT molecular complexity index is 1300. The van der Waals surface area contributed by atoms with Gasteiger partial charge in [0.2, 0.25) is 0 Å². The monoisotopic (exact) mass is 475 g/mol. The second-order valence-electron chi connectivity index (χ2n) is 10.8. The Morgan fingerprint density at radius 1 is 1.06 bits per heavy atom. The van der Waals surface area contributed by atoms with Crippen molar-refractivity contribution in [2.75, 3.05) is 20.2 Å². The molecule has 2 aliphatic rings. The third-order valence-electron chi connectivity index (χ3n) is 7.04. The van der Waals surface area contributed by atoms with E-state index in [0.717, 1.165) is 33.2 Å². The Kier molecular flexibility index (Phi) is 5.58. The second kappa shape index (κ2) is 8.36. The van der Waals surface area contributed by atoms with E-state index < -0.39 is 17.1 Å². The number of ketones is 1. The number of carbonyl (C=O) groups is 2. The summed E-state index contributed by atoms with van der Waals surface area (Å²) in [6.45, 7) is 6.16. The first-order chi connectivity index (χ1) is 16.6. The third kappa shape index (κ3) is 4.38. The number of amides is 1. The van der Waals surface area contributed by atoms with Crippen LogP contribution in [0.1, 0.15) is 43.4 Å². The van der Waals surface area contributed by atoms with E-state index in [4.69, 9.17) is 9.47 Å². The molecule has 5 rings (SSSR count). The largest absolute Gasteiger partial charge is 0.497 e. The van der Waals surface area contributed by atoms with E-state index in [1.165, 1.54) is 12.1 Å². The van der Waals surface area contributed by atoms with Gasteiger partial charge in [-0.25, -0.2) is 9.18 Å². The molecule has 3 aromatic carbocycles. The fourth-order valence-electron chi connectivity index (χ4n) is 5.38. The van der Waals surface area contributed by atoms with Gasteiger partial charge in [-0.15, -0.1) is 0 Å². The van der Waals surface area contributed by atoms with Gasteiger partial charge in [0.1, 0.15) is 17.2 Å². The molecule has 1 heterocycles. The topological polar surface area (TPSA) is 55.8 Å². The highest BCUT2D eigenvalue weighted by Crippen LogP contribution is 2.47. The predicted octanol–water partition coefficient (Wildman–Crippen LogP) is 5.68. The number of hydrogen-bond donors (Lipinski definition) is 0. The van der Waals surface area contributed by atoms with Crippen LogP contribution in [-0.4, -0.2) is 42.6 Å². The molecule has 0 saturated carbocycles. The zero-order chi connectivity index (χ0) is 25.0. The number of hydrogen-bond acceptors (Lipinski definition) is 4. The van der Waals surface area contributed by atoms with Crippen molar-refractivity contribution in [3.05, 3.63) is 77.1 Å².